The summed E-state index contributed by atoms with van der Waals surface area (Å²) in [5.41, 5.74) is 1.47. The predicted octanol–water partition coefficient (Wildman–Crippen LogP) is 2.84. The maximum atomic E-state index is 13.9. The molecular weight excluding hydrogens is 451 g/mol. The van der Waals surface area contributed by atoms with Gasteiger partial charge in [0.1, 0.15) is 12.6 Å². The minimum atomic E-state index is -4.84. The second kappa shape index (κ2) is 11.1. The summed E-state index contributed by atoms with van der Waals surface area (Å²) in [4.78, 5) is 38.1. The minimum absolute atomic E-state index is 0.0102. The van der Waals surface area contributed by atoms with Gasteiger partial charge in [0.15, 0.2) is 0 Å². The van der Waals surface area contributed by atoms with Gasteiger partial charge in [-0.25, -0.2) is 9.69 Å². The first-order valence-electron chi connectivity index (χ1n) is 10.8. The van der Waals surface area contributed by atoms with Crippen LogP contribution in [0.2, 0.25) is 0 Å². The first-order valence-corrected chi connectivity index (χ1v) is 10.8. The lowest BCUT2D eigenvalue weighted by molar-refractivity contribution is -0.166. The minimum Gasteiger partial charge on any atom is -0.447 e. The molecule has 7 nitrogen and oxygen atoms in total. The van der Waals surface area contributed by atoms with Crippen molar-refractivity contribution in [1.82, 2.24) is 15.5 Å². The molecule has 0 aliphatic carbocycles. The third-order valence-corrected chi connectivity index (χ3v) is 5.57. The van der Waals surface area contributed by atoms with Gasteiger partial charge in [-0.15, -0.1) is 0 Å². The second-order valence-electron chi connectivity index (χ2n) is 8.01. The van der Waals surface area contributed by atoms with E-state index in [9.17, 15) is 27.6 Å². The molecule has 1 heterocycles. The van der Waals surface area contributed by atoms with E-state index in [0.29, 0.717) is 5.56 Å². The summed E-state index contributed by atoms with van der Waals surface area (Å²) < 4.78 is 46.6. The van der Waals surface area contributed by atoms with Gasteiger partial charge >= 0.3 is 12.3 Å². The van der Waals surface area contributed by atoms with Crippen LogP contribution in [0, 0.1) is 0 Å². The Balaban J connectivity index is 1.75. The Hall–Kier alpha value is -3.40. The highest BCUT2D eigenvalue weighted by molar-refractivity contribution is 5.94. The van der Waals surface area contributed by atoms with Crippen molar-refractivity contribution < 1.29 is 32.3 Å². The Kier molecular flexibility index (Phi) is 8.27. The third-order valence-electron chi connectivity index (χ3n) is 5.57. The van der Waals surface area contributed by atoms with Crippen molar-refractivity contribution in [2.75, 3.05) is 13.7 Å². The molecule has 3 amide bonds. The van der Waals surface area contributed by atoms with Gasteiger partial charge in [-0.05, 0) is 24.0 Å². The fourth-order valence-corrected chi connectivity index (χ4v) is 3.84. The molecule has 182 valence electrons. The number of imide groups is 1. The Labute approximate surface area is 195 Å². The molecule has 0 saturated carbocycles. The second-order valence-corrected chi connectivity index (χ2v) is 8.01. The summed E-state index contributed by atoms with van der Waals surface area (Å²) in [7, 11) is 1.32. The smallest absolute Gasteiger partial charge is 0.416 e. The summed E-state index contributed by atoms with van der Waals surface area (Å²) in [5.74, 6) is -1.67. The van der Waals surface area contributed by atoms with Crippen LogP contribution in [0.4, 0.5) is 18.0 Å². The van der Waals surface area contributed by atoms with Crippen molar-refractivity contribution in [1.29, 1.82) is 0 Å². The molecular formula is C24H26F3N3O4. The number of rotatable bonds is 9. The van der Waals surface area contributed by atoms with Gasteiger partial charge in [0.2, 0.25) is 11.8 Å². The number of hydrogen-bond donors (Lipinski definition) is 2. The number of hydrogen-bond acceptors (Lipinski definition) is 5. The highest BCUT2D eigenvalue weighted by Gasteiger charge is 2.46. The zero-order chi connectivity index (χ0) is 24.7. The maximum absolute atomic E-state index is 13.9. The topological polar surface area (TPSA) is 87.7 Å². The van der Waals surface area contributed by atoms with Gasteiger partial charge in [0.25, 0.3) is 0 Å². The predicted molar refractivity (Wildman–Crippen MR) is 118 cm³/mol. The molecule has 1 saturated heterocycles. The van der Waals surface area contributed by atoms with Crippen LogP contribution in [0.15, 0.2) is 60.7 Å². The summed E-state index contributed by atoms with van der Waals surface area (Å²) in [6.45, 7) is -0.0988. The molecule has 0 unspecified atom stereocenters. The number of benzene rings is 2. The van der Waals surface area contributed by atoms with Crippen LogP contribution in [0.1, 0.15) is 17.5 Å². The van der Waals surface area contributed by atoms with E-state index in [2.05, 4.69) is 10.6 Å². The summed E-state index contributed by atoms with van der Waals surface area (Å²) >= 11 is 0. The molecule has 3 atom stereocenters. The molecule has 2 aromatic rings. The van der Waals surface area contributed by atoms with Crippen LogP contribution < -0.4 is 10.6 Å². The fourth-order valence-electron chi connectivity index (χ4n) is 3.84. The quantitative estimate of drug-likeness (QED) is 0.580. The van der Waals surface area contributed by atoms with E-state index in [-0.39, 0.29) is 19.4 Å². The van der Waals surface area contributed by atoms with E-state index in [1.165, 1.54) is 7.05 Å². The van der Waals surface area contributed by atoms with Crippen LogP contribution in [-0.2, 0) is 27.2 Å². The number of amides is 3. The van der Waals surface area contributed by atoms with Crippen LogP contribution in [0.25, 0.3) is 0 Å². The number of likely N-dealkylation sites (N-methyl/N-ethyl adjacent to an activating group) is 1. The number of alkyl halides is 3. The molecule has 1 aliphatic heterocycles. The average Bonchev–Trinajstić information content (AvgIpc) is 3.18. The van der Waals surface area contributed by atoms with Crippen molar-refractivity contribution in [2.45, 2.75) is 43.6 Å². The largest absolute Gasteiger partial charge is 0.447 e. The van der Waals surface area contributed by atoms with E-state index in [1.807, 2.05) is 0 Å². The Morgan fingerprint density at radius 1 is 1.06 bits per heavy atom. The lowest BCUT2D eigenvalue weighted by Crippen LogP contribution is -2.55. The molecule has 0 radical (unpaired) electrons. The summed E-state index contributed by atoms with van der Waals surface area (Å²) in [6, 6.07) is 13.3. The molecule has 0 aromatic heterocycles. The molecule has 2 aromatic carbocycles. The first kappa shape index (κ1) is 25.2. The van der Waals surface area contributed by atoms with Crippen molar-refractivity contribution in [3.63, 3.8) is 0 Å². The van der Waals surface area contributed by atoms with Crippen molar-refractivity contribution in [3.05, 3.63) is 71.8 Å². The Morgan fingerprint density at radius 3 is 2.21 bits per heavy atom. The third kappa shape index (κ3) is 6.57. The van der Waals surface area contributed by atoms with Gasteiger partial charge in [-0.1, -0.05) is 60.7 Å². The van der Waals surface area contributed by atoms with Gasteiger partial charge in [-0.3, -0.25) is 14.9 Å². The van der Waals surface area contributed by atoms with Gasteiger partial charge < -0.3 is 10.1 Å². The van der Waals surface area contributed by atoms with E-state index < -0.39 is 48.6 Å². The number of nitrogens with one attached hydrogen (secondary N) is 2. The van der Waals surface area contributed by atoms with E-state index in [0.717, 1.165) is 10.5 Å². The lowest BCUT2D eigenvalue weighted by atomic mass is 10.0. The normalized spacial score (nSPS) is 17.7. The molecule has 10 heteroatoms. The molecule has 0 spiro atoms. The monoisotopic (exact) mass is 477 g/mol. The standard InChI is InChI=1S/C24H26F3N3O4/c1-28-22(32)19(13-17-10-6-3-7-11-17)29-20(24(25,26)27)14-21(31)30-18(15-34-23(30)33)12-16-8-4-2-5-9-16/h2-11,18-20,29H,12-15H2,1H3,(H,28,32)/t18-,19-,20+/m0/s1. The Morgan fingerprint density at radius 2 is 1.65 bits per heavy atom. The van der Waals surface area contributed by atoms with Gasteiger partial charge in [0, 0.05) is 7.05 Å². The van der Waals surface area contributed by atoms with E-state index in [4.69, 9.17) is 4.74 Å². The zero-order valence-corrected chi connectivity index (χ0v) is 18.5. The number of carbonyl (C=O) groups is 3. The fraction of sp³-hybridized carbons (Fsp3) is 0.375. The number of halogens is 3. The number of carbonyl (C=O) groups excluding carboxylic acids is 3. The molecule has 3 rings (SSSR count). The maximum Gasteiger partial charge on any atom is 0.416 e. The molecule has 0 bridgehead atoms. The number of ether oxygens (including phenoxy) is 1. The zero-order valence-electron chi connectivity index (χ0n) is 18.5. The lowest BCUT2D eigenvalue weighted by Gasteiger charge is -2.28. The van der Waals surface area contributed by atoms with Crippen LogP contribution in [0.3, 0.4) is 0 Å². The van der Waals surface area contributed by atoms with Gasteiger partial charge in [-0.2, -0.15) is 13.2 Å². The van der Waals surface area contributed by atoms with E-state index >= 15 is 0 Å². The van der Waals surface area contributed by atoms with E-state index in [1.54, 1.807) is 60.7 Å². The highest BCUT2D eigenvalue weighted by Crippen LogP contribution is 2.26. The number of cyclic esters (lactones) is 1. The van der Waals surface area contributed by atoms with Crippen LogP contribution >= 0.6 is 0 Å². The molecule has 34 heavy (non-hydrogen) atoms. The highest BCUT2D eigenvalue weighted by atomic mass is 19.4. The molecule has 2 N–H and O–H groups in total. The average molecular weight is 477 g/mol. The van der Waals surface area contributed by atoms with Crippen LogP contribution in [0.5, 0.6) is 0 Å². The molecule has 1 fully saturated rings. The van der Waals surface area contributed by atoms with Crippen molar-refractivity contribution in [2.24, 2.45) is 0 Å². The Bertz CT molecular complexity index is 986. The van der Waals surface area contributed by atoms with Gasteiger partial charge in [0.05, 0.1) is 18.5 Å². The number of nitrogens with zero attached hydrogens (tertiary/aromatic N) is 1. The van der Waals surface area contributed by atoms with Crippen molar-refractivity contribution >= 4 is 17.9 Å². The van der Waals surface area contributed by atoms with Crippen LogP contribution in [-0.4, -0.2) is 60.8 Å². The summed E-state index contributed by atoms with van der Waals surface area (Å²) in [6.07, 6.45) is -6.61. The summed E-state index contributed by atoms with van der Waals surface area (Å²) in [5, 5.41) is 4.64. The van der Waals surface area contributed by atoms with Crippen molar-refractivity contribution in [3.8, 4) is 0 Å². The first-order chi connectivity index (χ1) is 16.2. The SMILES string of the molecule is CNC(=O)[C@H](Cc1ccccc1)N[C@H](CC(=O)N1C(=O)OC[C@@H]1Cc1ccccc1)C(F)(F)F. The molecule has 1 aliphatic rings.